The van der Waals surface area contributed by atoms with Crippen molar-refractivity contribution >= 4 is 15.8 Å². The van der Waals surface area contributed by atoms with Crippen LogP contribution in [-0.4, -0.2) is 27.8 Å². The van der Waals surface area contributed by atoms with Gasteiger partial charge in [-0.2, -0.15) is 0 Å². The molecule has 0 aromatic heterocycles. The first-order valence-electron chi connectivity index (χ1n) is 4.92. The van der Waals surface area contributed by atoms with Gasteiger partial charge in [0.15, 0.2) is 9.84 Å². The molecule has 0 unspecified atom stereocenters. The molecular formula is C11H13FO4S. The molecule has 0 spiro atoms. The van der Waals surface area contributed by atoms with Crippen LogP contribution in [0.3, 0.4) is 0 Å². The zero-order valence-corrected chi connectivity index (χ0v) is 10.6. The molecule has 0 aliphatic heterocycles. The summed E-state index contributed by atoms with van der Waals surface area (Å²) < 4.78 is 41.0. The first kappa shape index (κ1) is 13.6. The fourth-order valence-corrected chi connectivity index (χ4v) is 2.49. The SMILES string of the molecule is CCc1cc(F)c(C(=O)OC)cc1S(C)(=O)=O. The Hall–Kier alpha value is -1.43. The number of hydrogen-bond donors (Lipinski definition) is 0. The normalized spacial score (nSPS) is 11.3. The molecule has 0 bridgehead atoms. The first-order valence-corrected chi connectivity index (χ1v) is 6.81. The third-order valence-electron chi connectivity index (χ3n) is 2.34. The molecule has 0 saturated carbocycles. The van der Waals surface area contributed by atoms with Crippen LogP contribution >= 0.6 is 0 Å². The number of ether oxygens (including phenoxy) is 1. The molecule has 0 N–H and O–H groups in total. The van der Waals surface area contributed by atoms with Crippen molar-refractivity contribution in [2.45, 2.75) is 18.2 Å². The minimum atomic E-state index is -3.50. The number of rotatable bonds is 3. The smallest absolute Gasteiger partial charge is 0.340 e. The predicted octanol–water partition coefficient (Wildman–Crippen LogP) is 1.58. The Balaban J connectivity index is 3.54. The van der Waals surface area contributed by atoms with Gasteiger partial charge in [0, 0.05) is 6.26 Å². The molecule has 0 atom stereocenters. The van der Waals surface area contributed by atoms with Crippen molar-refractivity contribution < 1.29 is 22.3 Å². The fraction of sp³-hybridized carbons (Fsp3) is 0.364. The second-order valence-electron chi connectivity index (χ2n) is 3.56. The maximum atomic E-state index is 13.5. The Bertz CT molecular complexity index is 549. The number of carbonyl (C=O) groups is 1. The Morgan fingerprint density at radius 2 is 2.00 bits per heavy atom. The van der Waals surface area contributed by atoms with Gasteiger partial charge in [-0.25, -0.2) is 17.6 Å². The number of halogens is 1. The standard InChI is InChI=1S/C11H13FO4S/c1-4-7-5-9(12)8(11(13)16-2)6-10(7)17(3,14)15/h5-6H,4H2,1-3H3. The van der Waals surface area contributed by atoms with Gasteiger partial charge in [-0.05, 0) is 24.1 Å². The van der Waals surface area contributed by atoms with Crippen molar-refractivity contribution in [3.63, 3.8) is 0 Å². The summed E-state index contributed by atoms with van der Waals surface area (Å²) in [6.07, 6.45) is 1.38. The van der Waals surface area contributed by atoms with E-state index >= 15 is 0 Å². The van der Waals surface area contributed by atoms with Gasteiger partial charge in [0.1, 0.15) is 5.82 Å². The lowest BCUT2D eigenvalue weighted by molar-refractivity contribution is 0.0595. The molecule has 6 heteroatoms. The number of carbonyl (C=O) groups excluding carboxylic acids is 1. The summed E-state index contributed by atoms with van der Waals surface area (Å²) in [5.41, 5.74) is -0.0252. The second-order valence-corrected chi connectivity index (χ2v) is 5.54. The molecule has 4 nitrogen and oxygen atoms in total. The van der Waals surface area contributed by atoms with Crippen LogP contribution in [0.1, 0.15) is 22.8 Å². The highest BCUT2D eigenvalue weighted by Gasteiger charge is 2.20. The lowest BCUT2D eigenvalue weighted by Gasteiger charge is -2.09. The van der Waals surface area contributed by atoms with E-state index in [-0.39, 0.29) is 10.5 Å². The van der Waals surface area contributed by atoms with Crippen LogP contribution in [-0.2, 0) is 21.0 Å². The van der Waals surface area contributed by atoms with Gasteiger partial charge in [-0.15, -0.1) is 0 Å². The van der Waals surface area contributed by atoms with Crippen molar-refractivity contribution in [2.75, 3.05) is 13.4 Å². The molecule has 94 valence electrons. The quantitative estimate of drug-likeness (QED) is 0.611. The van der Waals surface area contributed by atoms with E-state index in [1.54, 1.807) is 6.92 Å². The number of aryl methyl sites for hydroxylation is 1. The van der Waals surface area contributed by atoms with Crippen LogP contribution in [0.15, 0.2) is 17.0 Å². The van der Waals surface area contributed by atoms with Gasteiger partial charge < -0.3 is 4.74 Å². The number of benzene rings is 1. The van der Waals surface area contributed by atoms with Crippen molar-refractivity contribution in [3.8, 4) is 0 Å². The molecule has 0 aliphatic carbocycles. The average molecular weight is 260 g/mol. The largest absolute Gasteiger partial charge is 0.465 e. The van der Waals surface area contributed by atoms with Crippen molar-refractivity contribution in [2.24, 2.45) is 0 Å². The molecule has 17 heavy (non-hydrogen) atoms. The van der Waals surface area contributed by atoms with Crippen LogP contribution in [0.5, 0.6) is 0 Å². The van der Waals surface area contributed by atoms with E-state index in [9.17, 15) is 17.6 Å². The molecular weight excluding hydrogens is 247 g/mol. The number of sulfone groups is 1. The summed E-state index contributed by atoms with van der Waals surface area (Å²) in [7, 11) is -2.39. The van der Waals surface area contributed by atoms with Gasteiger partial charge in [-0.1, -0.05) is 6.92 Å². The predicted molar refractivity (Wildman–Crippen MR) is 60.2 cm³/mol. The van der Waals surface area contributed by atoms with Crippen LogP contribution in [0.25, 0.3) is 0 Å². The number of methoxy groups -OCH3 is 1. The zero-order chi connectivity index (χ0) is 13.2. The van der Waals surface area contributed by atoms with Crippen LogP contribution in [0, 0.1) is 5.82 Å². The zero-order valence-electron chi connectivity index (χ0n) is 9.78. The third kappa shape index (κ3) is 2.82. The summed E-state index contributed by atoms with van der Waals surface area (Å²) in [4.78, 5) is 11.2. The van der Waals surface area contributed by atoms with Crippen molar-refractivity contribution in [1.29, 1.82) is 0 Å². The summed E-state index contributed by atoms with van der Waals surface area (Å²) in [5, 5.41) is 0. The third-order valence-corrected chi connectivity index (χ3v) is 3.51. The maximum Gasteiger partial charge on any atom is 0.340 e. The second kappa shape index (κ2) is 4.83. The maximum absolute atomic E-state index is 13.5. The summed E-state index contributed by atoms with van der Waals surface area (Å²) in [6, 6.07) is 2.08. The number of esters is 1. The molecule has 0 radical (unpaired) electrons. The van der Waals surface area contributed by atoms with E-state index in [4.69, 9.17) is 0 Å². The summed E-state index contributed by atoms with van der Waals surface area (Å²) >= 11 is 0. The Morgan fingerprint density at radius 1 is 1.41 bits per heavy atom. The van der Waals surface area contributed by atoms with Crippen LogP contribution in [0.2, 0.25) is 0 Å². The van der Waals surface area contributed by atoms with Crippen molar-refractivity contribution in [3.05, 3.63) is 29.1 Å². The van der Waals surface area contributed by atoms with E-state index in [0.29, 0.717) is 12.0 Å². The van der Waals surface area contributed by atoms with Gasteiger partial charge in [0.25, 0.3) is 0 Å². The monoisotopic (exact) mass is 260 g/mol. The first-order chi connectivity index (χ1) is 7.81. The Morgan fingerprint density at radius 3 is 2.41 bits per heavy atom. The fourth-order valence-electron chi connectivity index (χ4n) is 1.48. The van der Waals surface area contributed by atoms with Crippen LogP contribution in [0.4, 0.5) is 4.39 Å². The van der Waals surface area contributed by atoms with E-state index < -0.39 is 21.6 Å². The Labute approximate surface area is 99.3 Å². The number of hydrogen-bond acceptors (Lipinski definition) is 4. The molecule has 0 heterocycles. The summed E-state index contributed by atoms with van der Waals surface area (Å²) in [5.74, 6) is -1.67. The van der Waals surface area contributed by atoms with Gasteiger partial charge in [0.2, 0.25) is 0 Å². The molecule has 0 fully saturated rings. The lowest BCUT2D eigenvalue weighted by atomic mass is 10.1. The van der Waals surface area contributed by atoms with E-state index in [1.165, 1.54) is 0 Å². The summed E-state index contributed by atoms with van der Waals surface area (Å²) in [6.45, 7) is 1.71. The van der Waals surface area contributed by atoms with E-state index in [0.717, 1.165) is 25.5 Å². The van der Waals surface area contributed by atoms with Crippen molar-refractivity contribution in [1.82, 2.24) is 0 Å². The Kier molecular flexibility index (Phi) is 3.87. The minimum absolute atomic E-state index is 0.0400. The lowest BCUT2D eigenvalue weighted by Crippen LogP contribution is -2.10. The molecule has 1 aromatic carbocycles. The topological polar surface area (TPSA) is 60.4 Å². The molecule has 0 aliphatic rings. The molecule has 0 saturated heterocycles. The highest BCUT2D eigenvalue weighted by molar-refractivity contribution is 7.90. The van der Waals surface area contributed by atoms with Gasteiger partial charge >= 0.3 is 5.97 Å². The molecule has 1 rings (SSSR count). The average Bonchev–Trinajstić information content (AvgIpc) is 2.25. The molecule has 1 aromatic rings. The highest BCUT2D eigenvalue weighted by Crippen LogP contribution is 2.21. The van der Waals surface area contributed by atoms with Gasteiger partial charge in [0.05, 0.1) is 17.6 Å². The minimum Gasteiger partial charge on any atom is -0.465 e. The molecule has 0 amide bonds. The highest BCUT2D eigenvalue weighted by atomic mass is 32.2. The van der Waals surface area contributed by atoms with E-state index in [1.807, 2.05) is 0 Å². The van der Waals surface area contributed by atoms with E-state index in [2.05, 4.69) is 4.74 Å². The van der Waals surface area contributed by atoms with Gasteiger partial charge in [-0.3, -0.25) is 0 Å². The van der Waals surface area contributed by atoms with Crippen LogP contribution < -0.4 is 0 Å².